The number of nitrogens with zero attached hydrogens (tertiary/aromatic N) is 6. The van der Waals surface area contributed by atoms with Gasteiger partial charge in [-0.15, -0.1) is 0 Å². The third-order valence-corrected chi connectivity index (χ3v) is 7.15. The lowest BCUT2D eigenvalue weighted by molar-refractivity contribution is 0.121. The molecule has 2 N–H and O–H groups in total. The van der Waals surface area contributed by atoms with Crippen molar-refractivity contribution in [3.05, 3.63) is 72.0 Å². The van der Waals surface area contributed by atoms with Crippen LogP contribution in [0.5, 0.6) is 0 Å². The Morgan fingerprint density at radius 1 is 0.707 bits per heavy atom. The Kier molecular flexibility index (Phi) is 8.17. The number of rotatable bonds is 6. The molecule has 0 radical (unpaired) electrons. The lowest BCUT2D eigenvalue weighted by Gasteiger charge is -2.30. The van der Waals surface area contributed by atoms with Crippen molar-refractivity contribution in [3.8, 4) is 22.5 Å². The average molecular weight is 573 g/mol. The summed E-state index contributed by atoms with van der Waals surface area (Å²) in [6.45, 7) is 5.44. The summed E-state index contributed by atoms with van der Waals surface area (Å²) >= 11 is 6.39. The number of carbonyl (C=O) groups excluding carboxylic acids is 1. The third kappa shape index (κ3) is 6.54. The number of nitrogens with one attached hydrogen (secondary N) is 2. The fourth-order valence-corrected chi connectivity index (χ4v) is 4.87. The lowest BCUT2D eigenvalue weighted by Crippen LogP contribution is -2.40. The van der Waals surface area contributed by atoms with Crippen LogP contribution in [0.15, 0.2) is 67.0 Å². The number of urea groups is 1. The lowest BCUT2D eigenvalue weighted by atomic mass is 10.1. The maximum absolute atomic E-state index is 12.8. The SMILES string of the molecule is O=C(Nc1ccc(-c2nc(N3CCOCC3)nc(N3CCOCC3)n2)cc1)Nc1ccc(Cl)c(-c2ccncc2)c1. The molecule has 6 rings (SSSR count). The van der Waals surface area contributed by atoms with Crippen LogP contribution >= 0.6 is 11.6 Å². The van der Waals surface area contributed by atoms with Crippen molar-refractivity contribution in [2.45, 2.75) is 0 Å². The van der Waals surface area contributed by atoms with Crippen LogP contribution in [0.2, 0.25) is 5.02 Å². The minimum atomic E-state index is -0.370. The summed E-state index contributed by atoms with van der Waals surface area (Å²) in [4.78, 5) is 35.4. The van der Waals surface area contributed by atoms with E-state index in [-0.39, 0.29) is 6.03 Å². The molecule has 11 nitrogen and oxygen atoms in total. The standard InChI is InChI=1S/C29H29ClN8O3/c30-25-6-5-23(19-24(25)20-7-9-31-10-8-20)33-29(39)32-22-3-1-21(2-4-22)26-34-27(37-11-15-40-16-12-37)36-28(35-26)38-13-17-41-18-14-38/h1-10,19H,11-18H2,(H2,32,33,39). The minimum Gasteiger partial charge on any atom is -0.378 e. The first-order valence-electron chi connectivity index (χ1n) is 13.4. The molecule has 2 aromatic heterocycles. The van der Waals surface area contributed by atoms with E-state index in [1.54, 1.807) is 24.5 Å². The Morgan fingerprint density at radius 3 is 1.88 bits per heavy atom. The summed E-state index contributed by atoms with van der Waals surface area (Å²) in [5.41, 5.74) is 3.79. The molecule has 0 spiro atoms. The summed E-state index contributed by atoms with van der Waals surface area (Å²) in [5.74, 6) is 1.84. The van der Waals surface area contributed by atoms with Crippen molar-refractivity contribution in [2.75, 3.05) is 73.0 Å². The van der Waals surface area contributed by atoms with Gasteiger partial charge < -0.3 is 29.9 Å². The molecule has 41 heavy (non-hydrogen) atoms. The van der Waals surface area contributed by atoms with E-state index in [4.69, 9.17) is 36.0 Å². The van der Waals surface area contributed by atoms with E-state index in [1.807, 2.05) is 42.5 Å². The predicted molar refractivity (Wildman–Crippen MR) is 159 cm³/mol. The predicted octanol–water partition coefficient (Wildman–Crippen LogP) is 4.57. The molecule has 12 heteroatoms. The van der Waals surface area contributed by atoms with Crippen LogP contribution in [0.3, 0.4) is 0 Å². The third-order valence-electron chi connectivity index (χ3n) is 6.82. The highest BCUT2D eigenvalue weighted by atomic mass is 35.5. The summed E-state index contributed by atoms with van der Waals surface area (Å²) in [7, 11) is 0. The van der Waals surface area contributed by atoms with Crippen LogP contribution in [0, 0.1) is 0 Å². The van der Waals surface area contributed by atoms with Crippen molar-refractivity contribution in [1.82, 2.24) is 19.9 Å². The molecule has 0 bridgehead atoms. The van der Waals surface area contributed by atoms with Gasteiger partial charge in [0.05, 0.1) is 26.4 Å². The molecule has 2 amide bonds. The smallest absolute Gasteiger partial charge is 0.323 e. The highest BCUT2D eigenvalue weighted by molar-refractivity contribution is 6.33. The molecule has 0 aliphatic carbocycles. The highest BCUT2D eigenvalue weighted by Gasteiger charge is 2.21. The van der Waals surface area contributed by atoms with Crippen molar-refractivity contribution < 1.29 is 14.3 Å². The normalized spacial score (nSPS) is 15.4. The van der Waals surface area contributed by atoms with Crippen molar-refractivity contribution in [3.63, 3.8) is 0 Å². The number of benzene rings is 2. The molecule has 2 saturated heterocycles. The number of amides is 2. The Hall–Kier alpha value is -4.32. The Labute approximate surface area is 242 Å². The fraction of sp³-hybridized carbons (Fsp3) is 0.276. The highest BCUT2D eigenvalue weighted by Crippen LogP contribution is 2.30. The molecule has 0 saturated carbocycles. The number of anilines is 4. The second kappa shape index (κ2) is 12.5. The molecule has 4 heterocycles. The maximum Gasteiger partial charge on any atom is 0.323 e. The van der Waals surface area contributed by atoms with Crippen LogP contribution in [-0.2, 0) is 9.47 Å². The number of ether oxygens (including phenoxy) is 2. The summed E-state index contributed by atoms with van der Waals surface area (Å²) in [6.07, 6.45) is 3.40. The van der Waals surface area contributed by atoms with E-state index in [0.29, 0.717) is 60.5 Å². The van der Waals surface area contributed by atoms with Crippen molar-refractivity contribution >= 4 is 40.9 Å². The van der Waals surface area contributed by atoms with Crippen LogP contribution < -0.4 is 20.4 Å². The van der Waals surface area contributed by atoms with Gasteiger partial charge in [0, 0.05) is 66.1 Å². The van der Waals surface area contributed by atoms with E-state index in [2.05, 4.69) is 25.4 Å². The molecule has 2 aliphatic heterocycles. The van der Waals surface area contributed by atoms with E-state index >= 15 is 0 Å². The zero-order valence-corrected chi connectivity index (χ0v) is 23.0. The number of aromatic nitrogens is 4. The molecule has 2 fully saturated rings. The zero-order chi connectivity index (χ0) is 28.0. The number of morpholine rings is 2. The quantitative estimate of drug-likeness (QED) is 0.342. The van der Waals surface area contributed by atoms with Gasteiger partial charge in [-0.2, -0.15) is 15.0 Å². The van der Waals surface area contributed by atoms with Crippen molar-refractivity contribution in [2.24, 2.45) is 0 Å². The first kappa shape index (κ1) is 26.9. The maximum atomic E-state index is 12.8. The Morgan fingerprint density at radius 2 is 1.27 bits per heavy atom. The van der Waals surface area contributed by atoms with Crippen molar-refractivity contribution in [1.29, 1.82) is 0 Å². The van der Waals surface area contributed by atoms with Crippen LogP contribution in [-0.4, -0.2) is 78.6 Å². The van der Waals surface area contributed by atoms with E-state index in [0.717, 1.165) is 42.9 Å². The molecular weight excluding hydrogens is 544 g/mol. The number of hydrogen-bond acceptors (Lipinski definition) is 9. The zero-order valence-electron chi connectivity index (χ0n) is 22.3. The fourth-order valence-electron chi connectivity index (χ4n) is 4.64. The van der Waals surface area contributed by atoms with Gasteiger partial charge in [0.1, 0.15) is 0 Å². The number of pyridine rings is 1. The summed E-state index contributed by atoms with van der Waals surface area (Å²) in [5, 5.41) is 6.34. The average Bonchev–Trinajstić information content (AvgIpc) is 3.03. The molecule has 210 valence electrons. The second-order valence-corrected chi connectivity index (χ2v) is 9.95. The molecule has 0 unspecified atom stereocenters. The van der Waals surface area contributed by atoms with Gasteiger partial charge in [-0.3, -0.25) is 4.98 Å². The molecule has 0 atom stereocenters. The van der Waals surface area contributed by atoms with Gasteiger partial charge in [0.15, 0.2) is 5.82 Å². The van der Waals surface area contributed by atoms with Gasteiger partial charge in [0.25, 0.3) is 0 Å². The van der Waals surface area contributed by atoms with Gasteiger partial charge in [-0.05, 0) is 60.2 Å². The summed E-state index contributed by atoms with van der Waals surface area (Å²) < 4.78 is 11.0. The monoisotopic (exact) mass is 572 g/mol. The van der Waals surface area contributed by atoms with E-state index in [1.165, 1.54) is 0 Å². The minimum absolute atomic E-state index is 0.370. The first-order chi connectivity index (χ1) is 20.1. The molecule has 4 aromatic rings. The molecular formula is C29H29ClN8O3. The summed E-state index contributed by atoms with van der Waals surface area (Å²) in [6, 6.07) is 16.1. The molecule has 2 aromatic carbocycles. The van der Waals surface area contributed by atoms with E-state index < -0.39 is 0 Å². The van der Waals surface area contributed by atoms with Gasteiger partial charge in [0.2, 0.25) is 11.9 Å². The number of carbonyl (C=O) groups is 1. The topological polar surface area (TPSA) is 118 Å². The van der Waals surface area contributed by atoms with Gasteiger partial charge in [-0.1, -0.05) is 11.6 Å². The van der Waals surface area contributed by atoms with Crippen LogP contribution in [0.25, 0.3) is 22.5 Å². The van der Waals surface area contributed by atoms with Crippen LogP contribution in [0.1, 0.15) is 0 Å². The van der Waals surface area contributed by atoms with Crippen LogP contribution in [0.4, 0.5) is 28.1 Å². The van der Waals surface area contributed by atoms with Gasteiger partial charge in [-0.25, -0.2) is 4.79 Å². The second-order valence-electron chi connectivity index (χ2n) is 9.54. The van der Waals surface area contributed by atoms with E-state index in [9.17, 15) is 4.79 Å². The van der Waals surface area contributed by atoms with Gasteiger partial charge >= 0.3 is 6.03 Å². The number of halogens is 1. The molecule has 2 aliphatic rings. The first-order valence-corrected chi connectivity index (χ1v) is 13.8. The Balaban J connectivity index is 1.17. The number of hydrogen-bond donors (Lipinski definition) is 2. The largest absolute Gasteiger partial charge is 0.378 e. The Bertz CT molecular complexity index is 1460.